The summed E-state index contributed by atoms with van der Waals surface area (Å²) in [7, 11) is 0. The van der Waals surface area contributed by atoms with Crippen LogP contribution in [0.15, 0.2) is 11.6 Å². The van der Waals surface area contributed by atoms with Gasteiger partial charge in [-0.1, -0.05) is 26.8 Å². The van der Waals surface area contributed by atoms with E-state index >= 15 is 0 Å². The van der Waals surface area contributed by atoms with Gasteiger partial charge in [0.25, 0.3) is 0 Å². The highest BCUT2D eigenvalue weighted by molar-refractivity contribution is 5.70. The Labute approximate surface area is 210 Å². The zero-order valence-corrected chi connectivity index (χ0v) is 22.0. The van der Waals surface area contributed by atoms with Gasteiger partial charge in [0, 0.05) is 33.6 Å². The van der Waals surface area contributed by atoms with Crippen LogP contribution in [-0.4, -0.2) is 73.2 Å². The molecule has 0 N–H and O–H groups in total. The molecule has 36 heavy (non-hydrogen) atoms. The number of hydrogen-bond acceptors (Lipinski definition) is 10. The van der Waals surface area contributed by atoms with Crippen molar-refractivity contribution < 1.29 is 47.6 Å². The van der Waals surface area contributed by atoms with Gasteiger partial charge in [-0.15, -0.1) is 0 Å². The van der Waals surface area contributed by atoms with Crippen LogP contribution in [-0.2, 0) is 47.6 Å². The van der Waals surface area contributed by atoms with E-state index in [1.807, 2.05) is 33.8 Å². The molecule has 10 nitrogen and oxygen atoms in total. The summed E-state index contributed by atoms with van der Waals surface area (Å²) in [5.74, 6) is -1.79. The molecule has 0 aromatic carbocycles. The van der Waals surface area contributed by atoms with Crippen molar-refractivity contribution in [2.75, 3.05) is 13.2 Å². The molecule has 2 aliphatic heterocycles. The molecule has 10 heteroatoms. The van der Waals surface area contributed by atoms with Crippen molar-refractivity contribution in [2.24, 2.45) is 16.7 Å². The Morgan fingerprint density at radius 1 is 1.06 bits per heavy atom. The predicted molar refractivity (Wildman–Crippen MR) is 123 cm³/mol. The smallest absolute Gasteiger partial charge is 0.306 e. The number of esters is 4. The lowest BCUT2D eigenvalue weighted by Crippen LogP contribution is -2.68. The minimum Gasteiger partial charge on any atom is -0.465 e. The molecule has 0 aromatic rings. The average molecular weight is 509 g/mol. The summed E-state index contributed by atoms with van der Waals surface area (Å²) in [6.45, 7) is 11.7. The molecular weight excluding hydrogens is 472 g/mol. The Balaban J connectivity index is 1.83. The van der Waals surface area contributed by atoms with Crippen molar-refractivity contribution in [3.8, 4) is 0 Å². The van der Waals surface area contributed by atoms with Crippen LogP contribution in [0.2, 0.25) is 0 Å². The van der Waals surface area contributed by atoms with Crippen LogP contribution >= 0.6 is 0 Å². The fourth-order valence-corrected chi connectivity index (χ4v) is 6.55. The predicted octanol–water partition coefficient (Wildman–Crippen LogP) is 2.26. The van der Waals surface area contributed by atoms with Gasteiger partial charge in [-0.05, 0) is 18.4 Å². The molecule has 2 saturated heterocycles. The first-order valence-electron chi connectivity index (χ1n) is 12.4. The molecule has 3 fully saturated rings. The first-order valence-corrected chi connectivity index (χ1v) is 12.4. The topological polar surface area (TPSA) is 127 Å². The highest BCUT2D eigenvalue weighted by atomic mass is 16.7. The van der Waals surface area contributed by atoms with E-state index in [2.05, 4.69) is 0 Å². The minimum atomic E-state index is -1.01. The monoisotopic (exact) mass is 508 g/mol. The lowest BCUT2D eigenvalue weighted by Gasteiger charge is -2.58. The third kappa shape index (κ3) is 4.02. The number of epoxide rings is 1. The van der Waals surface area contributed by atoms with Gasteiger partial charge < -0.3 is 28.4 Å². The van der Waals surface area contributed by atoms with E-state index in [1.54, 1.807) is 0 Å². The number of hydrogen-bond donors (Lipinski definition) is 0. The second kappa shape index (κ2) is 9.13. The maximum absolute atomic E-state index is 12.6. The summed E-state index contributed by atoms with van der Waals surface area (Å²) >= 11 is 0. The fraction of sp³-hybridized carbons (Fsp3) is 0.769. The second-order valence-corrected chi connectivity index (χ2v) is 11.1. The molecule has 1 saturated carbocycles. The SMILES string of the molecule is CC(=O)OC[C@]12C[C@H](OC(=O)CC(C)C)C(C)=C[C@H]1O[C@@H]1[C@H](OC(C)=O)[C@@H](OC(C)=O)[C@@]2(C)C12CO2. The Kier molecular flexibility index (Phi) is 6.75. The van der Waals surface area contributed by atoms with Crippen molar-refractivity contribution >= 4 is 23.9 Å². The Morgan fingerprint density at radius 2 is 1.69 bits per heavy atom. The fourth-order valence-electron chi connectivity index (χ4n) is 6.55. The summed E-state index contributed by atoms with van der Waals surface area (Å²) in [6, 6.07) is 0. The van der Waals surface area contributed by atoms with Crippen LogP contribution in [0.4, 0.5) is 0 Å². The maximum atomic E-state index is 12.6. The molecule has 2 heterocycles. The minimum absolute atomic E-state index is 0.0894. The highest BCUT2D eigenvalue weighted by Gasteiger charge is 2.87. The summed E-state index contributed by atoms with van der Waals surface area (Å²) in [6.07, 6.45) is -1.38. The first-order chi connectivity index (χ1) is 16.8. The van der Waals surface area contributed by atoms with Gasteiger partial charge in [0.05, 0.1) is 23.5 Å². The van der Waals surface area contributed by atoms with Gasteiger partial charge in [-0.25, -0.2) is 0 Å². The molecule has 8 atom stereocenters. The zero-order valence-electron chi connectivity index (χ0n) is 22.0. The first kappa shape index (κ1) is 26.6. The maximum Gasteiger partial charge on any atom is 0.306 e. The second-order valence-electron chi connectivity index (χ2n) is 11.1. The van der Waals surface area contributed by atoms with E-state index in [0.29, 0.717) is 6.61 Å². The molecule has 4 rings (SSSR count). The van der Waals surface area contributed by atoms with Gasteiger partial charge in [-0.3, -0.25) is 19.2 Å². The van der Waals surface area contributed by atoms with Gasteiger partial charge >= 0.3 is 23.9 Å². The lowest BCUT2D eigenvalue weighted by atomic mass is 9.51. The van der Waals surface area contributed by atoms with Gasteiger partial charge in [0.2, 0.25) is 0 Å². The summed E-state index contributed by atoms with van der Waals surface area (Å²) in [5.41, 5.74) is -2.15. The molecule has 0 amide bonds. The number of carbonyl (C=O) groups excluding carboxylic acids is 4. The van der Waals surface area contributed by atoms with Crippen LogP contribution in [0.1, 0.15) is 61.3 Å². The number of rotatable bonds is 7. The van der Waals surface area contributed by atoms with E-state index in [-0.39, 0.29) is 31.3 Å². The highest BCUT2D eigenvalue weighted by Crippen LogP contribution is 2.72. The Bertz CT molecular complexity index is 981. The standard InChI is InChI=1S/C26H36O10/c1-13(2)8-20(30)35-18-10-25(11-31-15(4)27)19(9-14(18)3)36-23-21(33-16(5)28)22(34-17(6)29)24(25,7)26(23)12-32-26/h9,13,18-19,21-23H,8,10-12H2,1-7H3/t18-,19+,21+,22+,23+,24+,25+,26?/m0/s1. The summed E-state index contributed by atoms with van der Waals surface area (Å²) < 4.78 is 35.7. The van der Waals surface area contributed by atoms with Crippen molar-refractivity contribution in [3.63, 3.8) is 0 Å². The summed E-state index contributed by atoms with van der Waals surface area (Å²) in [4.78, 5) is 49.0. The molecule has 2 aliphatic carbocycles. The molecule has 1 unspecified atom stereocenters. The molecule has 2 bridgehead atoms. The Morgan fingerprint density at radius 3 is 2.22 bits per heavy atom. The van der Waals surface area contributed by atoms with Crippen LogP contribution in [0, 0.1) is 16.7 Å². The normalized spacial score (nSPS) is 40.2. The van der Waals surface area contributed by atoms with Crippen molar-refractivity contribution in [2.45, 2.75) is 97.4 Å². The van der Waals surface area contributed by atoms with Crippen LogP contribution in [0.25, 0.3) is 0 Å². The van der Waals surface area contributed by atoms with E-state index in [0.717, 1.165) is 5.57 Å². The van der Waals surface area contributed by atoms with E-state index in [9.17, 15) is 19.2 Å². The van der Waals surface area contributed by atoms with Crippen LogP contribution in [0.3, 0.4) is 0 Å². The number of fused-ring (bicyclic) bond motifs is 2. The lowest BCUT2D eigenvalue weighted by molar-refractivity contribution is -0.241. The molecule has 200 valence electrons. The molecule has 0 aromatic heterocycles. The van der Waals surface area contributed by atoms with E-state index in [4.69, 9.17) is 28.4 Å². The molecular formula is C26H36O10. The average Bonchev–Trinajstić information content (AvgIpc) is 3.52. The van der Waals surface area contributed by atoms with Crippen molar-refractivity contribution in [1.29, 1.82) is 0 Å². The quantitative estimate of drug-likeness (QED) is 0.219. The number of ether oxygens (including phenoxy) is 6. The summed E-state index contributed by atoms with van der Waals surface area (Å²) in [5, 5.41) is 0. The van der Waals surface area contributed by atoms with E-state index < -0.39 is 64.9 Å². The Hall–Kier alpha value is -2.46. The van der Waals surface area contributed by atoms with Gasteiger partial charge in [-0.2, -0.15) is 0 Å². The van der Waals surface area contributed by atoms with E-state index in [1.165, 1.54) is 20.8 Å². The molecule has 1 spiro atoms. The third-order valence-corrected chi connectivity index (χ3v) is 8.28. The third-order valence-electron chi connectivity index (χ3n) is 8.28. The van der Waals surface area contributed by atoms with Gasteiger partial charge in [0.1, 0.15) is 24.4 Å². The number of carbonyl (C=O) groups is 4. The van der Waals surface area contributed by atoms with Gasteiger partial charge in [0.15, 0.2) is 12.2 Å². The molecule has 0 radical (unpaired) electrons. The zero-order chi connectivity index (χ0) is 26.6. The largest absolute Gasteiger partial charge is 0.465 e. The van der Waals surface area contributed by atoms with Crippen molar-refractivity contribution in [1.82, 2.24) is 0 Å². The van der Waals surface area contributed by atoms with Crippen LogP contribution < -0.4 is 0 Å². The van der Waals surface area contributed by atoms with Crippen LogP contribution in [0.5, 0.6) is 0 Å². The molecule has 4 aliphatic rings. The van der Waals surface area contributed by atoms with Crippen molar-refractivity contribution in [3.05, 3.63) is 11.6 Å².